The Labute approximate surface area is 197 Å². The van der Waals surface area contributed by atoms with Crippen LogP contribution in [0.2, 0.25) is 0 Å². The van der Waals surface area contributed by atoms with Gasteiger partial charge < -0.3 is 14.0 Å². The van der Waals surface area contributed by atoms with E-state index in [0.29, 0.717) is 26.1 Å². The van der Waals surface area contributed by atoms with Crippen molar-refractivity contribution in [2.24, 2.45) is 0 Å². The summed E-state index contributed by atoms with van der Waals surface area (Å²) in [5.74, 6) is 0.523. The molecule has 0 saturated carbocycles. The fraction of sp³-hybridized carbons (Fsp3) is 0.296. The number of ether oxygens (including phenoxy) is 2. The lowest BCUT2D eigenvalue weighted by Crippen LogP contribution is -2.07. The van der Waals surface area contributed by atoms with Crippen molar-refractivity contribution in [1.82, 2.24) is 5.16 Å². The minimum atomic E-state index is -0.438. The van der Waals surface area contributed by atoms with E-state index in [1.54, 1.807) is 12.1 Å². The highest BCUT2D eigenvalue weighted by Crippen LogP contribution is 2.35. The molecule has 0 amide bonds. The van der Waals surface area contributed by atoms with Gasteiger partial charge in [0.25, 0.3) is 0 Å². The number of hydrogen-bond acceptors (Lipinski definition) is 6. The third-order valence-corrected chi connectivity index (χ3v) is 5.53. The van der Waals surface area contributed by atoms with Gasteiger partial charge in [-0.05, 0) is 42.7 Å². The Morgan fingerprint density at radius 3 is 2.41 bits per heavy atom. The van der Waals surface area contributed by atoms with Gasteiger partial charge in [0.2, 0.25) is 0 Å². The maximum atomic E-state index is 14.2. The molecule has 1 aromatic heterocycles. The third kappa shape index (κ3) is 5.55. The topological polar surface area (TPSA) is 74.0 Å². The van der Waals surface area contributed by atoms with Crippen molar-refractivity contribution in [3.05, 3.63) is 77.6 Å². The zero-order chi connectivity index (χ0) is 23.8. The molecule has 0 aliphatic heterocycles. The predicted octanol–water partition coefficient (Wildman–Crippen LogP) is 6.47. The Morgan fingerprint density at radius 1 is 0.912 bits per heavy atom. The van der Waals surface area contributed by atoms with E-state index in [4.69, 9.17) is 19.3 Å². The largest absolute Gasteiger partial charge is 0.493 e. The SMILES string of the molecule is CCCc1c(OCCCOc2ccc(CCOO)cc2F)ccc2c(-c3ccccc3)noc12. The molecule has 0 saturated heterocycles. The van der Waals surface area contributed by atoms with Crippen LogP contribution in [0, 0.1) is 5.82 Å². The van der Waals surface area contributed by atoms with Gasteiger partial charge in [-0.15, -0.1) is 0 Å². The molecule has 0 fully saturated rings. The molecule has 0 aliphatic rings. The second-order valence-electron chi connectivity index (χ2n) is 7.96. The number of fused-ring (bicyclic) bond motifs is 1. The quantitative estimate of drug-likeness (QED) is 0.147. The van der Waals surface area contributed by atoms with E-state index in [2.05, 4.69) is 17.0 Å². The van der Waals surface area contributed by atoms with Crippen LogP contribution in [0.3, 0.4) is 0 Å². The number of hydrogen-bond donors (Lipinski definition) is 1. The van der Waals surface area contributed by atoms with Crippen LogP contribution in [-0.2, 0) is 17.7 Å². The first-order valence-corrected chi connectivity index (χ1v) is 11.5. The average molecular weight is 466 g/mol. The van der Waals surface area contributed by atoms with E-state index in [0.717, 1.165) is 51.9 Å². The van der Waals surface area contributed by atoms with Gasteiger partial charge in [0.05, 0.1) is 25.2 Å². The summed E-state index contributed by atoms with van der Waals surface area (Å²) in [6.07, 6.45) is 2.77. The lowest BCUT2D eigenvalue weighted by atomic mass is 10.0. The summed E-state index contributed by atoms with van der Waals surface area (Å²) in [7, 11) is 0. The summed E-state index contributed by atoms with van der Waals surface area (Å²) in [5, 5.41) is 13.7. The average Bonchev–Trinajstić information content (AvgIpc) is 3.30. The van der Waals surface area contributed by atoms with Crippen LogP contribution in [0.25, 0.3) is 22.2 Å². The maximum absolute atomic E-state index is 14.2. The van der Waals surface area contributed by atoms with E-state index in [9.17, 15) is 4.39 Å². The minimum absolute atomic E-state index is 0.116. The number of nitrogens with zero attached hydrogens (tertiary/aromatic N) is 1. The third-order valence-electron chi connectivity index (χ3n) is 5.53. The molecule has 178 valence electrons. The van der Waals surface area contributed by atoms with Crippen molar-refractivity contribution in [3.63, 3.8) is 0 Å². The second-order valence-corrected chi connectivity index (χ2v) is 7.96. The van der Waals surface area contributed by atoms with Gasteiger partial charge in [-0.2, -0.15) is 0 Å². The van der Waals surface area contributed by atoms with Crippen molar-refractivity contribution < 1.29 is 28.5 Å². The van der Waals surface area contributed by atoms with E-state index >= 15 is 0 Å². The maximum Gasteiger partial charge on any atom is 0.174 e. The molecule has 4 rings (SSSR count). The van der Waals surface area contributed by atoms with Gasteiger partial charge in [-0.25, -0.2) is 9.28 Å². The fourth-order valence-corrected chi connectivity index (χ4v) is 3.87. The molecule has 1 N–H and O–H groups in total. The molecule has 6 nitrogen and oxygen atoms in total. The van der Waals surface area contributed by atoms with Crippen molar-refractivity contribution in [3.8, 4) is 22.8 Å². The Morgan fingerprint density at radius 2 is 1.68 bits per heavy atom. The number of benzene rings is 3. The van der Waals surface area contributed by atoms with Gasteiger partial charge in [0, 0.05) is 17.5 Å². The van der Waals surface area contributed by atoms with Crippen molar-refractivity contribution in [1.29, 1.82) is 0 Å². The van der Waals surface area contributed by atoms with E-state index in [-0.39, 0.29) is 12.4 Å². The molecular formula is C27H28FNO5. The van der Waals surface area contributed by atoms with Gasteiger partial charge >= 0.3 is 0 Å². The Hall–Kier alpha value is -3.42. The molecule has 0 spiro atoms. The molecule has 34 heavy (non-hydrogen) atoms. The van der Waals surface area contributed by atoms with Crippen LogP contribution in [0.5, 0.6) is 11.5 Å². The summed E-state index contributed by atoms with van der Waals surface area (Å²) in [4.78, 5) is 4.04. The molecule has 0 radical (unpaired) electrons. The molecular weight excluding hydrogens is 437 g/mol. The van der Waals surface area contributed by atoms with Crippen molar-refractivity contribution in [2.45, 2.75) is 32.6 Å². The van der Waals surface area contributed by atoms with Crippen molar-refractivity contribution >= 4 is 11.0 Å². The Bertz CT molecular complexity index is 1210. The molecule has 7 heteroatoms. The zero-order valence-corrected chi connectivity index (χ0v) is 19.1. The van der Waals surface area contributed by atoms with Crippen LogP contribution < -0.4 is 9.47 Å². The number of halogens is 1. The molecule has 0 unspecified atom stereocenters. The van der Waals surface area contributed by atoms with Crippen LogP contribution in [0.1, 0.15) is 30.9 Å². The smallest absolute Gasteiger partial charge is 0.174 e. The first-order valence-electron chi connectivity index (χ1n) is 11.5. The molecule has 0 bridgehead atoms. The first-order chi connectivity index (χ1) is 16.7. The highest BCUT2D eigenvalue weighted by atomic mass is 19.1. The van der Waals surface area contributed by atoms with Crippen LogP contribution in [-0.4, -0.2) is 30.2 Å². The van der Waals surface area contributed by atoms with Gasteiger partial charge in [-0.1, -0.05) is 54.9 Å². The first kappa shape index (κ1) is 23.7. The lowest BCUT2D eigenvalue weighted by molar-refractivity contribution is -0.241. The van der Waals surface area contributed by atoms with Crippen LogP contribution in [0.4, 0.5) is 4.39 Å². The normalized spacial score (nSPS) is 11.1. The Balaban J connectivity index is 1.37. The number of rotatable bonds is 12. The summed E-state index contributed by atoms with van der Waals surface area (Å²) in [6, 6.07) is 18.6. The van der Waals surface area contributed by atoms with E-state index < -0.39 is 5.82 Å². The molecule has 1 heterocycles. The molecule has 0 aliphatic carbocycles. The molecule has 0 atom stereocenters. The van der Waals surface area contributed by atoms with Gasteiger partial charge in [0.1, 0.15) is 11.4 Å². The van der Waals surface area contributed by atoms with Crippen LogP contribution >= 0.6 is 0 Å². The highest BCUT2D eigenvalue weighted by molar-refractivity contribution is 5.94. The number of aromatic nitrogens is 1. The summed E-state index contributed by atoms with van der Waals surface area (Å²) >= 11 is 0. The highest BCUT2D eigenvalue weighted by Gasteiger charge is 2.17. The summed E-state index contributed by atoms with van der Waals surface area (Å²) < 4.78 is 31.5. The van der Waals surface area contributed by atoms with Gasteiger partial charge in [0.15, 0.2) is 17.1 Å². The van der Waals surface area contributed by atoms with Gasteiger partial charge in [-0.3, -0.25) is 5.26 Å². The predicted molar refractivity (Wildman–Crippen MR) is 128 cm³/mol. The van der Waals surface area contributed by atoms with Crippen LogP contribution in [0.15, 0.2) is 65.2 Å². The van der Waals surface area contributed by atoms with Crippen molar-refractivity contribution in [2.75, 3.05) is 19.8 Å². The minimum Gasteiger partial charge on any atom is -0.493 e. The molecule has 3 aromatic carbocycles. The monoisotopic (exact) mass is 465 g/mol. The summed E-state index contributed by atoms with van der Waals surface area (Å²) in [6.45, 7) is 2.98. The molecule has 4 aromatic rings. The summed E-state index contributed by atoms with van der Waals surface area (Å²) in [5.41, 5.74) is 4.32. The van der Waals surface area contributed by atoms with E-state index in [1.807, 2.05) is 42.5 Å². The Kier molecular flexibility index (Phi) is 8.12. The second kappa shape index (κ2) is 11.6. The lowest BCUT2D eigenvalue weighted by Gasteiger charge is -2.12. The standard InChI is InChI=1S/C27H28FNO5/c1-2-7-21-24(13-11-22-26(29-34-27(21)22)20-8-4-3-5-9-20)31-15-6-16-32-25-12-10-19(14-17-33-30)18-23(25)28/h3-5,8-13,18,30H,2,6-7,14-17H2,1H3. The zero-order valence-electron chi connectivity index (χ0n) is 19.1. The number of aryl methyl sites for hydroxylation is 1. The fourth-order valence-electron chi connectivity index (χ4n) is 3.87. The van der Waals surface area contributed by atoms with E-state index in [1.165, 1.54) is 6.07 Å².